The highest BCUT2D eigenvalue weighted by atomic mass is 32.1. The van der Waals surface area contributed by atoms with E-state index in [9.17, 15) is 4.79 Å². The second kappa shape index (κ2) is 9.19. The molecule has 0 unspecified atom stereocenters. The van der Waals surface area contributed by atoms with Crippen LogP contribution in [0.25, 0.3) is 10.4 Å². The maximum absolute atomic E-state index is 12.0. The first-order valence-corrected chi connectivity index (χ1v) is 9.91. The highest BCUT2D eigenvalue weighted by Gasteiger charge is 2.17. The number of ether oxygens (including phenoxy) is 1. The fourth-order valence-electron chi connectivity index (χ4n) is 2.70. The third-order valence-corrected chi connectivity index (χ3v) is 4.96. The Labute approximate surface area is 165 Å². The molecular weight excluding hydrogens is 362 g/mol. The number of amides is 1. The van der Waals surface area contributed by atoms with Crippen molar-refractivity contribution in [1.82, 2.24) is 10.3 Å². The molecule has 6 nitrogen and oxygen atoms in total. The Balaban J connectivity index is 2.24. The summed E-state index contributed by atoms with van der Waals surface area (Å²) in [7, 11) is 1.99. The van der Waals surface area contributed by atoms with Gasteiger partial charge in [-0.15, -0.1) is 11.3 Å². The predicted molar refractivity (Wildman–Crippen MR) is 110 cm³/mol. The Morgan fingerprint density at radius 3 is 2.70 bits per heavy atom. The molecule has 7 heteroatoms. The lowest BCUT2D eigenvalue weighted by Crippen LogP contribution is -2.32. The highest BCUT2D eigenvalue weighted by Crippen LogP contribution is 2.32. The zero-order valence-electron chi connectivity index (χ0n) is 16.7. The summed E-state index contributed by atoms with van der Waals surface area (Å²) in [5, 5.41) is 12.0. The molecule has 0 saturated heterocycles. The quantitative estimate of drug-likeness (QED) is 0.747. The third kappa shape index (κ3) is 6.22. The molecule has 1 aromatic carbocycles. The zero-order valence-corrected chi connectivity index (χ0v) is 17.5. The molecule has 0 radical (unpaired) electrons. The van der Waals surface area contributed by atoms with Gasteiger partial charge in [0.15, 0.2) is 0 Å². The molecule has 1 aromatic heterocycles. The van der Waals surface area contributed by atoms with Crippen molar-refractivity contribution in [2.24, 2.45) is 0 Å². The summed E-state index contributed by atoms with van der Waals surface area (Å²) in [6.07, 6.45) is 0.244. The molecule has 0 spiro atoms. The summed E-state index contributed by atoms with van der Waals surface area (Å²) >= 11 is 1.61. The average Bonchev–Trinajstić information content (AvgIpc) is 3.02. The van der Waals surface area contributed by atoms with Crippen LogP contribution in [0.3, 0.4) is 0 Å². The molecule has 2 rings (SSSR count). The monoisotopic (exact) mass is 391 g/mol. The fraction of sp³-hybridized carbons (Fsp3) is 0.500. The van der Waals surface area contributed by atoms with E-state index >= 15 is 0 Å². The van der Waals surface area contributed by atoms with Crippen molar-refractivity contribution in [2.75, 3.05) is 25.1 Å². The summed E-state index contributed by atoms with van der Waals surface area (Å²) in [4.78, 5) is 19.6. The van der Waals surface area contributed by atoms with Crippen molar-refractivity contribution >= 4 is 23.1 Å². The van der Waals surface area contributed by atoms with E-state index in [1.807, 2.05) is 46.3 Å². The van der Waals surface area contributed by atoms with Crippen molar-refractivity contribution < 1.29 is 14.6 Å². The molecule has 0 saturated carbocycles. The van der Waals surface area contributed by atoms with Gasteiger partial charge in [-0.05, 0) is 51.3 Å². The van der Waals surface area contributed by atoms with E-state index < -0.39 is 11.7 Å². The van der Waals surface area contributed by atoms with Gasteiger partial charge < -0.3 is 20.1 Å². The highest BCUT2D eigenvalue weighted by molar-refractivity contribution is 7.13. The van der Waals surface area contributed by atoms with Crippen molar-refractivity contribution in [2.45, 2.75) is 46.3 Å². The molecule has 0 aliphatic heterocycles. The predicted octanol–water partition coefficient (Wildman–Crippen LogP) is 3.96. The van der Waals surface area contributed by atoms with Crippen LogP contribution < -0.4 is 10.2 Å². The Hall–Kier alpha value is -2.12. The first kappa shape index (κ1) is 21.2. The van der Waals surface area contributed by atoms with Crippen LogP contribution >= 0.6 is 11.3 Å². The number of aliphatic hydroxyl groups is 1. The number of aliphatic hydroxyl groups excluding tert-OH is 1. The van der Waals surface area contributed by atoms with Gasteiger partial charge >= 0.3 is 6.09 Å². The average molecular weight is 392 g/mol. The van der Waals surface area contributed by atoms with Gasteiger partial charge in [-0.1, -0.05) is 12.1 Å². The van der Waals surface area contributed by atoms with Crippen LogP contribution in [0.15, 0.2) is 23.7 Å². The summed E-state index contributed by atoms with van der Waals surface area (Å²) < 4.78 is 5.32. The van der Waals surface area contributed by atoms with E-state index in [2.05, 4.69) is 27.3 Å². The van der Waals surface area contributed by atoms with E-state index in [0.717, 1.165) is 33.9 Å². The van der Waals surface area contributed by atoms with Crippen LogP contribution in [0.4, 0.5) is 10.5 Å². The number of alkyl carbamates (subject to hydrolysis) is 1. The van der Waals surface area contributed by atoms with Gasteiger partial charge in [0.25, 0.3) is 0 Å². The number of nitrogens with one attached hydrogen (secondary N) is 1. The molecule has 0 bridgehead atoms. The summed E-state index contributed by atoms with van der Waals surface area (Å²) in [5.41, 5.74) is 5.43. The summed E-state index contributed by atoms with van der Waals surface area (Å²) in [5.74, 6) is 0. The van der Waals surface area contributed by atoms with Crippen molar-refractivity contribution in [3.63, 3.8) is 0 Å². The van der Waals surface area contributed by atoms with Gasteiger partial charge in [-0.3, -0.25) is 0 Å². The molecule has 27 heavy (non-hydrogen) atoms. The normalized spacial score (nSPS) is 11.3. The standard InChI is InChI=1S/C20H29N3O3S/c1-14-18(27-13-22-14)15-7-8-16(12-21-19(25)26-20(2,3)4)17(11-15)23(5)9-6-10-24/h7-8,11,13,24H,6,9-10,12H2,1-5H3,(H,21,25). The molecule has 0 aliphatic carbocycles. The number of carbonyl (C=O) groups is 1. The second-order valence-corrected chi connectivity index (χ2v) is 8.32. The van der Waals surface area contributed by atoms with Gasteiger partial charge in [0.2, 0.25) is 0 Å². The Morgan fingerprint density at radius 2 is 2.11 bits per heavy atom. The van der Waals surface area contributed by atoms with Crippen molar-refractivity contribution in [3.05, 3.63) is 35.0 Å². The topological polar surface area (TPSA) is 74.7 Å². The number of nitrogens with zero attached hydrogens (tertiary/aromatic N) is 2. The lowest BCUT2D eigenvalue weighted by Gasteiger charge is -2.24. The molecule has 0 atom stereocenters. The number of hydrogen-bond donors (Lipinski definition) is 2. The first-order chi connectivity index (χ1) is 12.7. The second-order valence-electron chi connectivity index (χ2n) is 7.46. The Bertz CT molecular complexity index is 768. The van der Waals surface area contributed by atoms with E-state index in [-0.39, 0.29) is 6.61 Å². The van der Waals surface area contributed by atoms with Crippen LogP contribution in [-0.2, 0) is 11.3 Å². The number of benzene rings is 1. The zero-order chi connectivity index (χ0) is 20.0. The van der Waals surface area contributed by atoms with Gasteiger partial charge in [0, 0.05) is 32.4 Å². The van der Waals surface area contributed by atoms with Gasteiger partial charge in [0.1, 0.15) is 5.60 Å². The lowest BCUT2D eigenvalue weighted by molar-refractivity contribution is 0.0523. The van der Waals surface area contributed by atoms with E-state index in [4.69, 9.17) is 9.84 Å². The molecule has 1 heterocycles. The van der Waals surface area contributed by atoms with E-state index in [1.54, 1.807) is 11.3 Å². The number of hydrogen-bond acceptors (Lipinski definition) is 6. The summed E-state index contributed by atoms with van der Waals surface area (Å²) in [6, 6.07) is 6.19. The maximum Gasteiger partial charge on any atom is 0.407 e. The Morgan fingerprint density at radius 1 is 1.37 bits per heavy atom. The smallest absolute Gasteiger partial charge is 0.407 e. The number of anilines is 1. The van der Waals surface area contributed by atoms with Crippen LogP contribution in [0, 0.1) is 6.92 Å². The molecular formula is C20H29N3O3S. The minimum atomic E-state index is -0.529. The molecule has 2 aromatic rings. The third-order valence-electron chi connectivity index (χ3n) is 3.98. The molecule has 2 N–H and O–H groups in total. The van der Waals surface area contributed by atoms with Crippen molar-refractivity contribution in [1.29, 1.82) is 0 Å². The number of rotatable bonds is 7. The van der Waals surface area contributed by atoms with E-state index in [1.165, 1.54) is 0 Å². The van der Waals surface area contributed by atoms with E-state index in [0.29, 0.717) is 13.0 Å². The van der Waals surface area contributed by atoms with Crippen LogP contribution in [0.2, 0.25) is 0 Å². The number of carbonyl (C=O) groups excluding carboxylic acids is 1. The van der Waals surface area contributed by atoms with Crippen molar-refractivity contribution in [3.8, 4) is 10.4 Å². The largest absolute Gasteiger partial charge is 0.444 e. The minimum absolute atomic E-state index is 0.142. The molecule has 148 valence electrons. The maximum atomic E-state index is 12.0. The Kier molecular flexibility index (Phi) is 7.21. The lowest BCUT2D eigenvalue weighted by atomic mass is 10.1. The van der Waals surface area contributed by atoms with Gasteiger partial charge in [0.05, 0.1) is 16.1 Å². The number of thiazole rings is 1. The van der Waals surface area contributed by atoms with Gasteiger partial charge in [-0.25, -0.2) is 9.78 Å². The van der Waals surface area contributed by atoms with Crippen LogP contribution in [0.1, 0.15) is 38.4 Å². The fourth-order valence-corrected chi connectivity index (χ4v) is 3.50. The number of aromatic nitrogens is 1. The minimum Gasteiger partial charge on any atom is -0.444 e. The first-order valence-electron chi connectivity index (χ1n) is 9.03. The number of aryl methyl sites for hydroxylation is 1. The molecule has 1 amide bonds. The van der Waals surface area contributed by atoms with Gasteiger partial charge in [-0.2, -0.15) is 0 Å². The van der Waals surface area contributed by atoms with Crippen LogP contribution in [0.5, 0.6) is 0 Å². The molecule has 0 aliphatic rings. The SMILES string of the molecule is Cc1ncsc1-c1ccc(CNC(=O)OC(C)(C)C)c(N(C)CCCO)c1. The van der Waals surface area contributed by atoms with Crippen LogP contribution in [-0.4, -0.2) is 42.0 Å². The summed E-state index contributed by atoms with van der Waals surface area (Å²) in [6.45, 7) is 8.76. The molecule has 0 fully saturated rings.